The molecule has 0 amide bonds. The summed E-state index contributed by atoms with van der Waals surface area (Å²) in [5.74, 6) is -0.105. The zero-order chi connectivity index (χ0) is 18.5. The van der Waals surface area contributed by atoms with Crippen LogP contribution < -0.4 is 4.90 Å². The zero-order valence-corrected chi connectivity index (χ0v) is 16.0. The van der Waals surface area contributed by atoms with E-state index in [4.69, 9.17) is 0 Å². The van der Waals surface area contributed by atoms with Crippen LogP contribution in [0.4, 0.5) is 10.1 Å². The van der Waals surface area contributed by atoms with Crippen LogP contribution in [0.25, 0.3) is 0 Å². The van der Waals surface area contributed by atoms with Crippen LogP contribution in [0.15, 0.2) is 42.7 Å². The van der Waals surface area contributed by atoms with E-state index in [2.05, 4.69) is 19.8 Å². The van der Waals surface area contributed by atoms with E-state index in [-0.39, 0.29) is 5.82 Å². The Morgan fingerprint density at radius 1 is 1.00 bits per heavy atom. The summed E-state index contributed by atoms with van der Waals surface area (Å²) in [5.41, 5.74) is 0.751. The number of likely N-dealkylation sites (tertiary alicyclic amines) is 1. The summed E-state index contributed by atoms with van der Waals surface area (Å²) >= 11 is 0. The van der Waals surface area contributed by atoms with E-state index in [1.807, 2.05) is 35.3 Å². The Labute approximate surface area is 161 Å². The van der Waals surface area contributed by atoms with Gasteiger partial charge in [-0.05, 0) is 50.6 Å². The van der Waals surface area contributed by atoms with E-state index in [9.17, 15) is 4.39 Å². The molecule has 2 aliphatic heterocycles. The average molecular weight is 372 g/mol. The number of benzene rings is 1. The van der Waals surface area contributed by atoms with Crippen molar-refractivity contribution in [2.24, 2.45) is 0 Å². The minimum Gasteiger partial charge on any atom is -0.367 e. The summed E-state index contributed by atoms with van der Waals surface area (Å²) in [6.45, 7) is 8.40. The summed E-state index contributed by atoms with van der Waals surface area (Å²) in [6, 6.07) is 9.77. The molecule has 5 nitrogen and oxygen atoms in total. The van der Waals surface area contributed by atoms with Crippen LogP contribution in [0, 0.1) is 5.82 Å². The predicted molar refractivity (Wildman–Crippen MR) is 106 cm³/mol. The molecule has 1 atom stereocenters. The molecule has 27 heavy (non-hydrogen) atoms. The number of anilines is 1. The monoisotopic (exact) mass is 371 g/mol. The lowest BCUT2D eigenvalue weighted by molar-refractivity contribution is 0.0910. The number of rotatable bonds is 6. The second-order valence-electron chi connectivity index (χ2n) is 7.69. The molecular formula is C21H30FN5. The van der Waals surface area contributed by atoms with Crippen LogP contribution in [-0.4, -0.2) is 71.4 Å². The van der Waals surface area contributed by atoms with Gasteiger partial charge in [0.15, 0.2) is 0 Å². The molecule has 146 valence electrons. The molecule has 0 unspecified atom stereocenters. The summed E-state index contributed by atoms with van der Waals surface area (Å²) < 4.78 is 16.0. The molecule has 2 fully saturated rings. The molecule has 2 saturated heterocycles. The summed E-state index contributed by atoms with van der Waals surface area (Å²) in [4.78, 5) is 7.43. The number of piperidine rings is 1. The molecule has 2 aliphatic rings. The minimum absolute atomic E-state index is 0.105. The van der Waals surface area contributed by atoms with Crippen molar-refractivity contribution in [3.05, 3.63) is 48.5 Å². The quantitative estimate of drug-likeness (QED) is 0.780. The van der Waals surface area contributed by atoms with Crippen molar-refractivity contribution in [1.82, 2.24) is 19.6 Å². The van der Waals surface area contributed by atoms with E-state index >= 15 is 0 Å². The Hall–Kier alpha value is -1.92. The fourth-order valence-corrected chi connectivity index (χ4v) is 4.46. The molecular weight excluding hydrogens is 341 g/mol. The molecule has 6 heteroatoms. The normalized spacial score (nSPS) is 22.3. The highest BCUT2D eigenvalue weighted by atomic mass is 19.1. The van der Waals surface area contributed by atoms with Gasteiger partial charge in [0.25, 0.3) is 0 Å². The van der Waals surface area contributed by atoms with Crippen LogP contribution in [0.3, 0.4) is 0 Å². The molecule has 0 aliphatic carbocycles. The first-order chi connectivity index (χ1) is 13.3. The number of halogens is 1. The van der Waals surface area contributed by atoms with Gasteiger partial charge in [-0.1, -0.05) is 12.1 Å². The Morgan fingerprint density at radius 2 is 1.85 bits per heavy atom. The highest BCUT2D eigenvalue weighted by molar-refractivity contribution is 5.48. The Kier molecular flexibility index (Phi) is 6.04. The number of aryl methyl sites for hydroxylation is 1. The smallest absolute Gasteiger partial charge is 0.146 e. The van der Waals surface area contributed by atoms with E-state index in [0.29, 0.717) is 6.04 Å². The van der Waals surface area contributed by atoms with Gasteiger partial charge >= 0.3 is 0 Å². The maximum atomic E-state index is 14.0. The molecule has 0 radical (unpaired) electrons. The van der Waals surface area contributed by atoms with Crippen LogP contribution >= 0.6 is 0 Å². The van der Waals surface area contributed by atoms with Crippen molar-refractivity contribution in [1.29, 1.82) is 0 Å². The highest BCUT2D eigenvalue weighted by Crippen LogP contribution is 2.23. The fraction of sp³-hybridized carbons (Fsp3) is 0.571. The van der Waals surface area contributed by atoms with E-state index in [1.165, 1.54) is 25.9 Å². The zero-order valence-electron chi connectivity index (χ0n) is 16.0. The van der Waals surface area contributed by atoms with Gasteiger partial charge in [0.2, 0.25) is 0 Å². The second-order valence-corrected chi connectivity index (χ2v) is 7.69. The van der Waals surface area contributed by atoms with Gasteiger partial charge in [0.05, 0.1) is 5.69 Å². The lowest BCUT2D eigenvalue weighted by Gasteiger charge is -2.44. The van der Waals surface area contributed by atoms with E-state index in [1.54, 1.807) is 12.1 Å². The second kappa shape index (κ2) is 8.85. The highest BCUT2D eigenvalue weighted by Gasteiger charge is 2.28. The summed E-state index contributed by atoms with van der Waals surface area (Å²) in [7, 11) is 0. The Balaban J connectivity index is 1.24. The lowest BCUT2D eigenvalue weighted by Crippen LogP contribution is -2.55. The van der Waals surface area contributed by atoms with Gasteiger partial charge in [0, 0.05) is 57.7 Å². The number of hydrogen-bond donors (Lipinski definition) is 0. The number of aromatic nitrogens is 2. The average Bonchev–Trinajstić information content (AvgIpc) is 3.22. The Morgan fingerprint density at radius 3 is 2.63 bits per heavy atom. The molecule has 2 aromatic rings. The molecule has 0 bridgehead atoms. The molecule has 1 aromatic heterocycles. The van der Waals surface area contributed by atoms with Crippen LogP contribution in [0.5, 0.6) is 0 Å². The summed E-state index contributed by atoms with van der Waals surface area (Å²) in [5, 5.41) is 4.28. The van der Waals surface area contributed by atoms with Gasteiger partial charge in [-0.15, -0.1) is 0 Å². The van der Waals surface area contributed by atoms with Gasteiger partial charge in [-0.2, -0.15) is 5.10 Å². The Bertz CT molecular complexity index is 696. The van der Waals surface area contributed by atoms with E-state index in [0.717, 1.165) is 51.4 Å². The van der Waals surface area contributed by atoms with Crippen molar-refractivity contribution in [2.45, 2.75) is 31.8 Å². The first kappa shape index (κ1) is 18.4. The number of hydrogen-bond acceptors (Lipinski definition) is 4. The molecule has 0 N–H and O–H groups in total. The van der Waals surface area contributed by atoms with Crippen LogP contribution in [0.1, 0.15) is 19.3 Å². The fourth-order valence-electron chi connectivity index (χ4n) is 4.46. The maximum absolute atomic E-state index is 14.0. The lowest BCUT2D eigenvalue weighted by atomic mass is 10.0. The maximum Gasteiger partial charge on any atom is 0.146 e. The first-order valence-corrected chi connectivity index (χ1v) is 10.2. The van der Waals surface area contributed by atoms with Gasteiger partial charge in [-0.25, -0.2) is 4.39 Å². The topological polar surface area (TPSA) is 27.5 Å². The van der Waals surface area contributed by atoms with Crippen LogP contribution in [0.2, 0.25) is 0 Å². The van der Waals surface area contributed by atoms with Crippen molar-refractivity contribution in [3.8, 4) is 0 Å². The molecule has 3 heterocycles. The predicted octanol–water partition coefficient (Wildman–Crippen LogP) is 2.70. The number of nitrogens with zero attached hydrogens (tertiary/aromatic N) is 5. The number of para-hydroxylation sites is 1. The molecule has 1 aromatic carbocycles. The standard InChI is InChI=1S/C21H30FN5/c22-20-7-1-2-8-21(20)26-16-14-25(15-17-26)19-6-3-10-24(18-19)11-5-13-27-12-4-9-23-27/h1-2,4,7-9,12,19H,3,5-6,10-11,13-18H2/t19-/m1/s1. The number of piperazine rings is 1. The summed E-state index contributed by atoms with van der Waals surface area (Å²) in [6.07, 6.45) is 7.59. The molecule has 0 spiro atoms. The van der Waals surface area contributed by atoms with Crippen molar-refractivity contribution >= 4 is 5.69 Å². The minimum atomic E-state index is -0.105. The third-order valence-corrected chi connectivity index (χ3v) is 5.93. The van der Waals surface area contributed by atoms with Gasteiger partial charge < -0.3 is 9.80 Å². The largest absolute Gasteiger partial charge is 0.367 e. The SMILES string of the molecule is Fc1ccccc1N1CCN([C@@H]2CCCN(CCCn3cccn3)C2)CC1. The first-order valence-electron chi connectivity index (χ1n) is 10.2. The molecule has 0 saturated carbocycles. The van der Waals surface area contributed by atoms with Crippen molar-refractivity contribution < 1.29 is 4.39 Å². The molecule has 4 rings (SSSR count). The van der Waals surface area contributed by atoms with Gasteiger partial charge in [0.1, 0.15) is 5.82 Å². The van der Waals surface area contributed by atoms with Gasteiger partial charge in [-0.3, -0.25) is 9.58 Å². The van der Waals surface area contributed by atoms with E-state index < -0.39 is 0 Å². The van der Waals surface area contributed by atoms with Crippen LogP contribution in [-0.2, 0) is 6.54 Å². The third kappa shape index (κ3) is 4.68. The third-order valence-electron chi connectivity index (χ3n) is 5.93. The van der Waals surface area contributed by atoms with Crippen molar-refractivity contribution in [3.63, 3.8) is 0 Å². The van der Waals surface area contributed by atoms with Crippen molar-refractivity contribution in [2.75, 3.05) is 50.7 Å².